The van der Waals surface area contributed by atoms with Gasteiger partial charge in [0.15, 0.2) is 5.78 Å². The molecule has 1 aliphatic rings. The molecule has 3 rings (SSSR count). The first kappa shape index (κ1) is 12.2. The summed E-state index contributed by atoms with van der Waals surface area (Å²) in [6.07, 6.45) is 1.80. The van der Waals surface area contributed by atoms with E-state index in [2.05, 4.69) is 12.1 Å². The van der Waals surface area contributed by atoms with Crippen LogP contribution in [-0.4, -0.2) is 5.78 Å². The van der Waals surface area contributed by atoms with E-state index in [9.17, 15) is 4.79 Å². The summed E-state index contributed by atoms with van der Waals surface area (Å²) in [6.45, 7) is 0. The predicted octanol–water partition coefficient (Wildman–Crippen LogP) is 4.49. The number of ketones is 1. The summed E-state index contributed by atoms with van der Waals surface area (Å²) in [5.74, 6) is 0.185. The molecular formula is C17H14OS. The Kier molecular flexibility index (Phi) is 3.51. The number of thioether (sulfide) groups is 1. The number of carbonyl (C=O) groups is 1. The van der Waals surface area contributed by atoms with Crippen molar-refractivity contribution in [2.75, 3.05) is 0 Å². The number of fused-ring (bicyclic) bond motifs is 1. The minimum absolute atomic E-state index is 0.185. The molecule has 0 spiro atoms. The fraction of sp³-hybridized carbons (Fsp3) is 0.118. The van der Waals surface area contributed by atoms with Crippen LogP contribution in [0.25, 0.3) is 0 Å². The highest BCUT2D eigenvalue weighted by Crippen LogP contribution is 2.28. The number of Topliss-reactive ketones (excluding diaryl/α,β-unsaturated/α-hetero) is 1. The fourth-order valence-electron chi connectivity index (χ4n) is 2.27. The van der Waals surface area contributed by atoms with Gasteiger partial charge in [-0.1, -0.05) is 54.2 Å². The average molecular weight is 266 g/mol. The molecule has 0 saturated heterocycles. The topological polar surface area (TPSA) is 17.1 Å². The van der Waals surface area contributed by atoms with Gasteiger partial charge in [0.1, 0.15) is 0 Å². The van der Waals surface area contributed by atoms with Crippen LogP contribution in [0.1, 0.15) is 22.3 Å². The largest absolute Gasteiger partial charge is 0.289 e. The molecule has 0 heterocycles. The van der Waals surface area contributed by atoms with Gasteiger partial charge in [-0.25, -0.2) is 0 Å². The van der Waals surface area contributed by atoms with Gasteiger partial charge in [-0.15, -0.1) is 0 Å². The van der Waals surface area contributed by atoms with Crippen molar-refractivity contribution in [1.29, 1.82) is 0 Å². The average Bonchev–Trinajstić information content (AvgIpc) is 2.48. The lowest BCUT2D eigenvalue weighted by Crippen LogP contribution is -2.13. The van der Waals surface area contributed by atoms with Crippen molar-refractivity contribution in [3.63, 3.8) is 0 Å². The Balaban J connectivity index is 1.82. The van der Waals surface area contributed by atoms with Crippen LogP contribution < -0.4 is 0 Å². The van der Waals surface area contributed by atoms with E-state index >= 15 is 0 Å². The Morgan fingerprint density at radius 2 is 1.63 bits per heavy atom. The van der Waals surface area contributed by atoms with Crippen LogP contribution in [0.15, 0.2) is 70.5 Å². The van der Waals surface area contributed by atoms with Gasteiger partial charge in [0.25, 0.3) is 0 Å². The molecule has 94 valence electrons. The van der Waals surface area contributed by atoms with Crippen LogP contribution in [0.3, 0.4) is 0 Å². The Hall–Kier alpha value is -1.80. The predicted molar refractivity (Wildman–Crippen MR) is 79.5 cm³/mol. The van der Waals surface area contributed by atoms with E-state index in [1.165, 1.54) is 10.5 Å². The molecule has 0 N–H and O–H groups in total. The van der Waals surface area contributed by atoms with Crippen molar-refractivity contribution in [1.82, 2.24) is 0 Å². The molecule has 0 atom stereocenters. The highest BCUT2D eigenvalue weighted by atomic mass is 32.2. The highest BCUT2D eigenvalue weighted by molar-refractivity contribution is 8.02. The van der Waals surface area contributed by atoms with Crippen molar-refractivity contribution in [3.8, 4) is 0 Å². The van der Waals surface area contributed by atoms with Gasteiger partial charge >= 0.3 is 0 Å². The first-order valence-electron chi connectivity index (χ1n) is 6.38. The number of carbonyl (C=O) groups excluding carboxylic acids is 1. The second-order valence-corrected chi connectivity index (χ2v) is 5.50. The maximum Gasteiger partial charge on any atom is 0.189 e. The molecule has 2 aromatic carbocycles. The second kappa shape index (κ2) is 5.45. The van der Waals surface area contributed by atoms with Crippen molar-refractivity contribution < 1.29 is 4.79 Å². The van der Waals surface area contributed by atoms with E-state index in [-0.39, 0.29) is 5.78 Å². The standard InChI is InChI=1S/C17H14OS/c18-17-14(12-19-15-7-2-1-3-8-15)11-10-13-6-4-5-9-16(13)17/h1-9,12H,10-11H2. The SMILES string of the molecule is O=C1C(=CSc2ccccc2)CCc2ccccc21. The minimum Gasteiger partial charge on any atom is -0.289 e. The minimum atomic E-state index is 0.185. The molecule has 1 aliphatic carbocycles. The smallest absolute Gasteiger partial charge is 0.189 e. The van der Waals surface area contributed by atoms with Gasteiger partial charge < -0.3 is 0 Å². The zero-order valence-corrected chi connectivity index (χ0v) is 11.3. The zero-order chi connectivity index (χ0) is 13.1. The molecule has 0 aromatic heterocycles. The third-order valence-corrected chi connectivity index (χ3v) is 4.24. The lowest BCUT2D eigenvalue weighted by atomic mass is 9.88. The summed E-state index contributed by atoms with van der Waals surface area (Å²) in [7, 11) is 0. The van der Waals surface area contributed by atoms with E-state index in [1.807, 2.05) is 47.9 Å². The highest BCUT2D eigenvalue weighted by Gasteiger charge is 2.20. The molecule has 0 amide bonds. The van der Waals surface area contributed by atoms with Crippen molar-refractivity contribution in [3.05, 3.63) is 76.7 Å². The summed E-state index contributed by atoms with van der Waals surface area (Å²) in [5.41, 5.74) is 2.97. The molecule has 0 fully saturated rings. The summed E-state index contributed by atoms with van der Waals surface area (Å²) in [6, 6.07) is 18.1. The van der Waals surface area contributed by atoms with Crippen LogP contribution in [0, 0.1) is 0 Å². The maximum atomic E-state index is 12.4. The molecule has 0 bridgehead atoms. The van der Waals surface area contributed by atoms with Crippen molar-refractivity contribution >= 4 is 17.5 Å². The lowest BCUT2D eigenvalue weighted by Gasteiger charge is -2.16. The number of hydrogen-bond donors (Lipinski definition) is 0. The normalized spacial score (nSPS) is 16.4. The number of hydrogen-bond acceptors (Lipinski definition) is 2. The van der Waals surface area contributed by atoms with Crippen LogP contribution in [0.5, 0.6) is 0 Å². The first-order chi connectivity index (χ1) is 9.34. The number of allylic oxidation sites excluding steroid dienone is 1. The molecule has 2 aromatic rings. The number of aryl methyl sites for hydroxylation is 1. The third-order valence-electron chi connectivity index (χ3n) is 3.30. The van der Waals surface area contributed by atoms with Crippen molar-refractivity contribution in [2.24, 2.45) is 0 Å². The summed E-state index contributed by atoms with van der Waals surface area (Å²) < 4.78 is 0. The van der Waals surface area contributed by atoms with E-state index in [1.54, 1.807) is 11.8 Å². The molecule has 0 radical (unpaired) electrons. The number of benzene rings is 2. The second-order valence-electron chi connectivity index (χ2n) is 4.56. The van der Waals surface area contributed by atoms with E-state index < -0.39 is 0 Å². The van der Waals surface area contributed by atoms with Crippen molar-refractivity contribution in [2.45, 2.75) is 17.7 Å². The zero-order valence-electron chi connectivity index (χ0n) is 10.5. The monoisotopic (exact) mass is 266 g/mol. The third kappa shape index (κ3) is 2.64. The Morgan fingerprint density at radius 3 is 2.47 bits per heavy atom. The fourth-order valence-corrected chi connectivity index (χ4v) is 3.08. The maximum absolute atomic E-state index is 12.4. The molecular weight excluding hydrogens is 252 g/mol. The Bertz CT molecular complexity index is 629. The summed E-state index contributed by atoms with van der Waals surface area (Å²) in [5, 5.41) is 2.01. The van der Waals surface area contributed by atoms with Gasteiger partial charge in [0.2, 0.25) is 0 Å². The lowest BCUT2D eigenvalue weighted by molar-refractivity contribution is 0.102. The molecule has 1 nitrogen and oxygen atoms in total. The van der Waals surface area contributed by atoms with E-state index in [0.29, 0.717) is 0 Å². The Morgan fingerprint density at radius 1 is 0.895 bits per heavy atom. The number of rotatable bonds is 2. The van der Waals surface area contributed by atoms with E-state index in [4.69, 9.17) is 0 Å². The van der Waals surface area contributed by atoms with Crippen LogP contribution in [0.4, 0.5) is 0 Å². The quantitative estimate of drug-likeness (QED) is 0.588. The molecule has 2 heteroatoms. The first-order valence-corrected chi connectivity index (χ1v) is 7.26. The van der Waals surface area contributed by atoms with Crippen LogP contribution in [0.2, 0.25) is 0 Å². The molecule has 0 unspecified atom stereocenters. The van der Waals surface area contributed by atoms with Gasteiger partial charge in [-0.3, -0.25) is 4.79 Å². The Labute approximate surface area is 117 Å². The van der Waals surface area contributed by atoms with Gasteiger partial charge in [-0.2, -0.15) is 0 Å². The molecule has 0 saturated carbocycles. The van der Waals surface area contributed by atoms with Crippen LogP contribution in [-0.2, 0) is 6.42 Å². The summed E-state index contributed by atoms with van der Waals surface area (Å²) in [4.78, 5) is 13.5. The molecule has 0 aliphatic heterocycles. The molecule has 19 heavy (non-hydrogen) atoms. The van der Waals surface area contributed by atoms with Gasteiger partial charge in [0, 0.05) is 16.0 Å². The summed E-state index contributed by atoms with van der Waals surface area (Å²) >= 11 is 1.62. The van der Waals surface area contributed by atoms with Crippen LogP contribution >= 0.6 is 11.8 Å². The van der Waals surface area contributed by atoms with Gasteiger partial charge in [0.05, 0.1) is 0 Å². The van der Waals surface area contributed by atoms with Gasteiger partial charge in [-0.05, 0) is 35.9 Å². The van der Waals surface area contributed by atoms with E-state index in [0.717, 1.165) is 24.0 Å².